The van der Waals surface area contributed by atoms with Crippen molar-refractivity contribution in [2.24, 2.45) is 0 Å². The molecule has 0 saturated carbocycles. The van der Waals surface area contributed by atoms with E-state index in [1.54, 1.807) is 23.1 Å². The summed E-state index contributed by atoms with van der Waals surface area (Å²) in [7, 11) is 0. The fraction of sp³-hybridized carbons (Fsp3) is 0.190. The van der Waals surface area contributed by atoms with Crippen LogP contribution in [0.5, 0.6) is 5.88 Å². The Bertz CT molecular complexity index is 1370. The van der Waals surface area contributed by atoms with E-state index in [4.69, 9.17) is 16.3 Å². The van der Waals surface area contributed by atoms with E-state index in [9.17, 15) is 14.0 Å². The van der Waals surface area contributed by atoms with Crippen LogP contribution in [0.4, 0.5) is 9.18 Å². The highest BCUT2D eigenvalue weighted by Gasteiger charge is 2.27. The number of fused-ring (bicyclic) bond motifs is 2. The molecule has 1 aliphatic heterocycles. The molecular formula is C21H17ClFN7O3. The average molecular weight is 470 g/mol. The van der Waals surface area contributed by atoms with Crippen LogP contribution in [0.1, 0.15) is 27.2 Å². The molecular weight excluding hydrogens is 453 g/mol. The fourth-order valence-electron chi connectivity index (χ4n) is 3.66. The normalized spacial score (nSPS) is 13.1. The third kappa shape index (κ3) is 4.22. The highest BCUT2D eigenvalue weighted by atomic mass is 35.5. The molecule has 4 aromatic rings. The Balaban J connectivity index is 1.22. The van der Waals surface area contributed by atoms with Gasteiger partial charge in [0, 0.05) is 34.8 Å². The summed E-state index contributed by atoms with van der Waals surface area (Å²) in [6.45, 7) is 0.655. The van der Waals surface area contributed by atoms with Gasteiger partial charge in [-0.2, -0.15) is 15.4 Å². The van der Waals surface area contributed by atoms with Crippen molar-refractivity contribution in [2.75, 3.05) is 6.54 Å². The lowest BCUT2D eigenvalue weighted by atomic mass is 10.1. The van der Waals surface area contributed by atoms with Crippen LogP contribution in [0, 0.1) is 5.82 Å². The molecule has 0 atom stereocenters. The molecule has 0 unspecified atom stereocenters. The van der Waals surface area contributed by atoms with Crippen LogP contribution in [0.2, 0.25) is 5.02 Å². The number of carbonyl (C=O) groups is 2. The van der Waals surface area contributed by atoms with Crippen LogP contribution in [0.3, 0.4) is 0 Å². The Labute approximate surface area is 191 Å². The Kier molecular flexibility index (Phi) is 5.38. The Morgan fingerprint density at radius 2 is 2.00 bits per heavy atom. The highest BCUT2D eigenvalue weighted by Crippen LogP contribution is 2.27. The second-order valence-corrected chi connectivity index (χ2v) is 7.90. The summed E-state index contributed by atoms with van der Waals surface area (Å²) in [6.07, 6.45) is -0.309. The van der Waals surface area contributed by atoms with Gasteiger partial charge >= 0.3 is 6.09 Å². The highest BCUT2D eigenvalue weighted by molar-refractivity contribution is 6.30. The number of aromatic nitrogens is 5. The summed E-state index contributed by atoms with van der Waals surface area (Å²) in [5.41, 5.74) is 3.48. The van der Waals surface area contributed by atoms with Gasteiger partial charge < -0.3 is 15.0 Å². The van der Waals surface area contributed by atoms with Crippen molar-refractivity contribution in [1.29, 1.82) is 0 Å². The van der Waals surface area contributed by atoms with Gasteiger partial charge in [-0.25, -0.2) is 9.18 Å². The molecule has 5 rings (SSSR count). The third-order valence-electron chi connectivity index (χ3n) is 5.37. The topological polar surface area (TPSA) is 129 Å². The lowest BCUT2D eigenvalue weighted by Crippen LogP contribution is -2.36. The van der Waals surface area contributed by atoms with Crippen molar-refractivity contribution in [3.63, 3.8) is 0 Å². The number of carbonyl (C=O) groups excluding carboxylic acids is 2. The number of H-pyrrole nitrogens is 2. The first-order valence-electron chi connectivity index (χ1n) is 10.0. The molecule has 0 radical (unpaired) electrons. The van der Waals surface area contributed by atoms with Gasteiger partial charge in [0.05, 0.1) is 12.2 Å². The predicted octanol–water partition coefficient (Wildman–Crippen LogP) is 2.96. The minimum Gasteiger partial charge on any atom is -0.389 e. The first kappa shape index (κ1) is 20.9. The third-order valence-corrected chi connectivity index (χ3v) is 5.61. The van der Waals surface area contributed by atoms with Crippen LogP contribution >= 0.6 is 11.6 Å². The lowest BCUT2D eigenvalue weighted by molar-refractivity contribution is 0.0732. The van der Waals surface area contributed by atoms with Crippen molar-refractivity contribution < 1.29 is 18.7 Å². The maximum atomic E-state index is 13.9. The maximum absolute atomic E-state index is 13.9. The van der Waals surface area contributed by atoms with Crippen molar-refractivity contribution >= 4 is 34.6 Å². The van der Waals surface area contributed by atoms with E-state index in [1.165, 1.54) is 18.2 Å². The van der Waals surface area contributed by atoms with Gasteiger partial charge in [0.2, 0.25) is 5.88 Å². The van der Waals surface area contributed by atoms with Crippen LogP contribution in [-0.2, 0) is 19.5 Å². The molecule has 2 aromatic heterocycles. The number of nitrogens with zero attached hydrogens (tertiary/aromatic N) is 4. The van der Waals surface area contributed by atoms with Gasteiger partial charge in [-0.15, -0.1) is 5.10 Å². The van der Waals surface area contributed by atoms with Gasteiger partial charge in [-0.1, -0.05) is 17.7 Å². The number of halogens is 2. The summed E-state index contributed by atoms with van der Waals surface area (Å²) in [6, 6.07) is 9.32. The lowest BCUT2D eigenvalue weighted by Gasteiger charge is -2.26. The van der Waals surface area contributed by atoms with Crippen LogP contribution in [0.25, 0.3) is 11.0 Å². The number of hydrogen-bond acceptors (Lipinski definition) is 6. The van der Waals surface area contributed by atoms with Crippen LogP contribution in [-0.4, -0.2) is 49.1 Å². The molecule has 2 amide bonds. The molecule has 3 N–H and O–H groups in total. The van der Waals surface area contributed by atoms with Crippen molar-refractivity contribution in [2.45, 2.75) is 19.5 Å². The number of rotatable bonds is 4. The minimum atomic E-state index is -0.766. The Hall–Kier alpha value is -3.99. The molecule has 10 nitrogen and oxygen atoms in total. The molecule has 33 heavy (non-hydrogen) atoms. The van der Waals surface area contributed by atoms with Gasteiger partial charge in [0.15, 0.2) is 0 Å². The SMILES string of the molecule is O=C(NCc1ccc(Cl)cc1F)Oc1n[nH]c2c1CCN(C(=O)c1ccc3n[nH]nc3c1)C2. The Morgan fingerprint density at radius 3 is 2.85 bits per heavy atom. The molecule has 0 saturated heterocycles. The zero-order chi connectivity index (χ0) is 22.9. The number of hydrogen-bond donors (Lipinski definition) is 3. The quantitative estimate of drug-likeness (QED) is 0.421. The van der Waals surface area contributed by atoms with Crippen LogP contribution < -0.4 is 10.1 Å². The standard InChI is InChI=1S/C21H17ClFN7O3/c22-13-3-1-12(15(23)8-13)9-24-21(32)33-19-14-5-6-30(10-18(14)25-28-19)20(31)11-2-4-16-17(7-11)27-29-26-16/h1-4,7-8H,5-6,9-10H2,(H,24,32)(H,25,28)(H,26,27,29). The van der Waals surface area contributed by atoms with Gasteiger partial charge in [0.25, 0.3) is 5.91 Å². The molecule has 12 heteroatoms. The molecule has 0 aliphatic carbocycles. The number of ether oxygens (including phenoxy) is 1. The monoisotopic (exact) mass is 469 g/mol. The van der Waals surface area contributed by atoms with E-state index in [0.717, 1.165) is 5.56 Å². The zero-order valence-corrected chi connectivity index (χ0v) is 17.8. The molecule has 0 bridgehead atoms. The maximum Gasteiger partial charge on any atom is 0.414 e. The van der Waals surface area contributed by atoms with Gasteiger partial charge in [-0.3, -0.25) is 9.89 Å². The van der Waals surface area contributed by atoms with Crippen molar-refractivity contribution in [3.05, 3.63) is 69.6 Å². The summed E-state index contributed by atoms with van der Waals surface area (Å²) in [5, 5.41) is 20.2. The second-order valence-electron chi connectivity index (χ2n) is 7.47. The molecule has 0 spiro atoms. The van der Waals surface area contributed by atoms with Crippen LogP contribution in [0.15, 0.2) is 36.4 Å². The number of benzene rings is 2. The molecule has 0 fully saturated rings. The van der Waals surface area contributed by atoms with E-state index < -0.39 is 11.9 Å². The second kappa shape index (κ2) is 8.51. The van der Waals surface area contributed by atoms with Gasteiger partial charge in [-0.05, 0) is 36.8 Å². The van der Waals surface area contributed by atoms with Gasteiger partial charge in [0.1, 0.15) is 16.9 Å². The fourth-order valence-corrected chi connectivity index (χ4v) is 3.82. The average Bonchev–Trinajstić information content (AvgIpc) is 3.44. The van der Waals surface area contributed by atoms with E-state index in [0.29, 0.717) is 41.8 Å². The first-order valence-corrected chi connectivity index (χ1v) is 10.4. The predicted molar refractivity (Wildman–Crippen MR) is 115 cm³/mol. The van der Waals surface area contributed by atoms with E-state index in [-0.39, 0.29) is 28.9 Å². The zero-order valence-electron chi connectivity index (χ0n) is 17.1. The summed E-state index contributed by atoms with van der Waals surface area (Å²) in [4.78, 5) is 26.8. The molecule has 1 aliphatic rings. The summed E-state index contributed by atoms with van der Waals surface area (Å²) < 4.78 is 19.1. The number of amides is 2. The number of aromatic amines is 2. The first-order chi connectivity index (χ1) is 16.0. The minimum absolute atomic E-state index is 0.0629. The smallest absolute Gasteiger partial charge is 0.389 e. The van der Waals surface area contributed by atoms with E-state index in [1.807, 2.05) is 0 Å². The summed E-state index contributed by atoms with van der Waals surface area (Å²) in [5.74, 6) is -0.534. The summed E-state index contributed by atoms with van der Waals surface area (Å²) >= 11 is 5.73. The van der Waals surface area contributed by atoms with Crippen molar-refractivity contribution in [3.8, 4) is 5.88 Å². The molecule has 3 heterocycles. The van der Waals surface area contributed by atoms with E-state index >= 15 is 0 Å². The largest absolute Gasteiger partial charge is 0.414 e. The molecule has 2 aromatic carbocycles. The van der Waals surface area contributed by atoms with E-state index in [2.05, 4.69) is 30.9 Å². The van der Waals surface area contributed by atoms with Crippen molar-refractivity contribution in [1.82, 2.24) is 35.8 Å². The Morgan fingerprint density at radius 1 is 1.15 bits per heavy atom. The molecule has 168 valence electrons. The number of nitrogens with one attached hydrogen (secondary N) is 3.